The molecule has 0 saturated carbocycles. The molecule has 0 saturated heterocycles. The van der Waals surface area contributed by atoms with Crippen molar-refractivity contribution >= 4 is 6.08 Å². The average Bonchev–Trinajstić information content (AvgIpc) is 3.40. The number of rotatable bonds is 4. The van der Waals surface area contributed by atoms with Crippen LogP contribution in [0.1, 0.15) is 17.7 Å². The Balaban J connectivity index is 1.22. The molecule has 0 radical (unpaired) electrons. The van der Waals surface area contributed by atoms with Crippen LogP contribution in [-0.4, -0.2) is 14.5 Å². The second-order valence-electron chi connectivity index (χ2n) is 11.7. The molecule has 0 amide bonds. The van der Waals surface area contributed by atoms with Gasteiger partial charge in [0.15, 0.2) is 5.82 Å². The first kappa shape index (κ1) is 26.4. The topological polar surface area (TPSA) is 39.9 Å². The van der Waals surface area contributed by atoms with Gasteiger partial charge in [0.25, 0.3) is 0 Å². The van der Waals surface area contributed by atoms with Crippen LogP contribution in [0.25, 0.3) is 68.1 Å². The van der Waals surface area contributed by atoms with Gasteiger partial charge in [0, 0.05) is 50.3 Å². The molecule has 9 rings (SSSR count). The molecule has 1 aliphatic carbocycles. The van der Waals surface area contributed by atoms with Gasteiger partial charge in [-0.05, 0) is 49.2 Å². The number of para-hydroxylation sites is 2. The van der Waals surface area contributed by atoms with Crippen LogP contribution in [0, 0.1) is 0 Å². The summed E-state index contributed by atoms with van der Waals surface area (Å²) in [4.78, 5) is 10.0. The summed E-state index contributed by atoms with van der Waals surface area (Å²) in [7, 11) is 0. The molecule has 218 valence electrons. The summed E-state index contributed by atoms with van der Waals surface area (Å²) < 4.78 is 9.00. The maximum absolute atomic E-state index is 6.55. The van der Waals surface area contributed by atoms with E-state index in [-0.39, 0.29) is 0 Å². The molecule has 0 atom stereocenters. The van der Waals surface area contributed by atoms with E-state index < -0.39 is 0 Å². The predicted molar refractivity (Wildman–Crippen MR) is 186 cm³/mol. The molecule has 0 unspecified atom stereocenters. The van der Waals surface area contributed by atoms with Gasteiger partial charge in [0.05, 0.1) is 17.1 Å². The molecule has 46 heavy (non-hydrogen) atoms. The first-order valence-electron chi connectivity index (χ1n) is 15.7. The summed E-state index contributed by atoms with van der Waals surface area (Å²) in [6.45, 7) is 0. The van der Waals surface area contributed by atoms with Gasteiger partial charge in [-0.2, -0.15) is 0 Å². The van der Waals surface area contributed by atoms with Gasteiger partial charge in [-0.15, -0.1) is 0 Å². The van der Waals surface area contributed by atoms with Crippen LogP contribution in [-0.2, 0) is 6.42 Å². The third kappa shape index (κ3) is 4.38. The van der Waals surface area contributed by atoms with Crippen molar-refractivity contribution in [1.29, 1.82) is 0 Å². The van der Waals surface area contributed by atoms with Crippen LogP contribution in [0.5, 0.6) is 11.5 Å². The van der Waals surface area contributed by atoms with Crippen molar-refractivity contribution in [1.82, 2.24) is 14.5 Å². The van der Waals surface area contributed by atoms with Gasteiger partial charge < -0.3 is 9.30 Å². The minimum atomic E-state index is 0.716. The van der Waals surface area contributed by atoms with Crippen molar-refractivity contribution in [3.05, 3.63) is 157 Å². The second-order valence-corrected chi connectivity index (χ2v) is 11.7. The molecule has 2 aromatic heterocycles. The van der Waals surface area contributed by atoms with Crippen molar-refractivity contribution in [2.75, 3.05) is 0 Å². The van der Waals surface area contributed by atoms with E-state index in [9.17, 15) is 0 Å². The highest BCUT2D eigenvalue weighted by atomic mass is 16.5. The third-order valence-electron chi connectivity index (χ3n) is 8.91. The van der Waals surface area contributed by atoms with Gasteiger partial charge in [0.2, 0.25) is 0 Å². The lowest BCUT2D eigenvalue weighted by molar-refractivity contribution is 0.487. The fourth-order valence-corrected chi connectivity index (χ4v) is 6.78. The summed E-state index contributed by atoms with van der Waals surface area (Å²) in [6.07, 6.45) is 6.57. The zero-order chi connectivity index (χ0) is 30.5. The first-order valence-corrected chi connectivity index (χ1v) is 15.7. The normalized spacial score (nSPS) is 12.7. The number of fused-ring (bicyclic) bond motifs is 7. The Kier molecular flexibility index (Phi) is 6.24. The molecule has 4 heteroatoms. The third-order valence-corrected chi connectivity index (χ3v) is 8.91. The summed E-state index contributed by atoms with van der Waals surface area (Å²) >= 11 is 0. The summed E-state index contributed by atoms with van der Waals surface area (Å²) in [5.41, 5.74) is 13.2. The quantitative estimate of drug-likeness (QED) is 0.204. The van der Waals surface area contributed by atoms with Crippen molar-refractivity contribution in [2.45, 2.75) is 12.8 Å². The molecule has 3 heterocycles. The number of hydrogen-bond donors (Lipinski definition) is 0. The number of ether oxygens (including phenoxy) is 1. The standard InChI is InChI=1S/C42H29N3O/c1-3-13-28(14-4-1)35-27-36(44-42(43-35)30-15-5-2-6-16-30)29-23-25-31(26-24-29)45-37-20-10-7-17-32(37)40-33-18-8-11-21-38(33)46-39-22-12-9-19-34(39)41(40)45/h1-9,11-19,21-27H,10,20H2. The second kappa shape index (κ2) is 10.9. The number of allylic oxidation sites excluding steroid dienone is 1. The molecular weight excluding hydrogens is 562 g/mol. The van der Waals surface area contributed by atoms with E-state index in [1.54, 1.807) is 0 Å². The van der Waals surface area contributed by atoms with E-state index in [1.165, 1.54) is 22.5 Å². The monoisotopic (exact) mass is 591 g/mol. The van der Waals surface area contributed by atoms with Gasteiger partial charge in [0.1, 0.15) is 11.5 Å². The fraction of sp³-hybridized carbons (Fsp3) is 0.0476. The highest BCUT2D eigenvalue weighted by Gasteiger charge is 2.31. The summed E-state index contributed by atoms with van der Waals surface area (Å²) in [5, 5.41) is 0. The minimum absolute atomic E-state index is 0.716. The predicted octanol–water partition coefficient (Wildman–Crippen LogP) is 10.7. The number of aromatic nitrogens is 3. The molecular formula is C42H29N3O. The van der Waals surface area contributed by atoms with E-state index in [0.717, 1.165) is 69.2 Å². The molecule has 2 aliphatic rings. The zero-order valence-corrected chi connectivity index (χ0v) is 25.1. The van der Waals surface area contributed by atoms with E-state index in [0.29, 0.717) is 5.82 Å². The molecule has 5 aromatic carbocycles. The van der Waals surface area contributed by atoms with Crippen molar-refractivity contribution in [3.8, 4) is 73.5 Å². The van der Waals surface area contributed by atoms with Crippen LogP contribution in [0.4, 0.5) is 0 Å². The Morgan fingerprint density at radius 1 is 0.565 bits per heavy atom. The van der Waals surface area contributed by atoms with Crippen molar-refractivity contribution in [2.24, 2.45) is 0 Å². The molecule has 0 fully saturated rings. The molecule has 0 N–H and O–H groups in total. The van der Waals surface area contributed by atoms with Crippen LogP contribution in [0.3, 0.4) is 0 Å². The van der Waals surface area contributed by atoms with E-state index in [4.69, 9.17) is 14.7 Å². The van der Waals surface area contributed by atoms with Crippen LogP contribution in [0.2, 0.25) is 0 Å². The molecule has 4 nitrogen and oxygen atoms in total. The van der Waals surface area contributed by atoms with Crippen molar-refractivity contribution in [3.63, 3.8) is 0 Å². The van der Waals surface area contributed by atoms with E-state index in [1.807, 2.05) is 48.5 Å². The lowest BCUT2D eigenvalue weighted by Crippen LogP contribution is -2.05. The number of benzene rings is 5. The average molecular weight is 592 g/mol. The highest BCUT2D eigenvalue weighted by Crippen LogP contribution is 2.52. The Hall–Kier alpha value is -6.00. The molecule has 0 spiro atoms. The molecule has 7 aromatic rings. The summed E-state index contributed by atoms with van der Waals surface area (Å²) in [5.74, 6) is 2.47. The fourth-order valence-electron chi connectivity index (χ4n) is 6.78. The van der Waals surface area contributed by atoms with E-state index in [2.05, 4.69) is 108 Å². The Morgan fingerprint density at radius 3 is 1.87 bits per heavy atom. The smallest absolute Gasteiger partial charge is 0.160 e. The van der Waals surface area contributed by atoms with Gasteiger partial charge in [-0.25, -0.2) is 9.97 Å². The lowest BCUT2D eigenvalue weighted by atomic mass is 9.94. The van der Waals surface area contributed by atoms with Crippen LogP contribution < -0.4 is 4.74 Å². The van der Waals surface area contributed by atoms with Crippen LogP contribution in [0.15, 0.2) is 146 Å². The highest BCUT2D eigenvalue weighted by molar-refractivity contribution is 5.96. The Morgan fingerprint density at radius 2 is 1.15 bits per heavy atom. The number of nitrogens with zero attached hydrogens (tertiary/aromatic N) is 3. The Labute approximate surface area is 268 Å². The zero-order valence-electron chi connectivity index (χ0n) is 25.1. The van der Waals surface area contributed by atoms with Crippen LogP contribution >= 0.6 is 0 Å². The lowest BCUT2D eigenvalue weighted by Gasteiger charge is -2.17. The number of hydrogen-bond acceptors (Lipinski definition) is 3. The maximum atomic E-state index is 6.55. The van der Waals surface area contributed by atoms with Gasteiger partial charge in [-0.1, -0.05) is 115 Å². The molecule has 0 bridgehead atoms. The first-order chi connectivity index (χ1) is 22.8. The van der Waals surface area contributed by atoms with Gasteiger partial charge in [-0.3, -0.25) is 0 Å². The van der Waals surface area contributed by atoms with Crippen molar-refractivity contribution < 1.29 is 4.74 Å². The van der Waals surface area contributed by atoms with E-state index >= 15 is 0 Å². The summed E-state index contributed by atoms with van der Waals surface area (Å²) in [6, 6.07) is 48.2. The maximum Gasteiger partial charge on any atom is 0.160 e. The Bertz CT molecular complexity index is 2210. The minimum Gasteiger partial charge on any atom is -0.456 e. The van der Waals surface area contributed by atoms with Gasteiger partial charge >= 0.3 is 0 Å². The molecule has 1 aliphatic heterocycles. The SMILES string of the molecule is C1=Cc2c3c(n(-c4ccc(-c5cc(-c6ccccc6)nc(-c6ccccc6)n5)cc4)c2CC1)-c1ccccc1Oc1ccccc1-3. The largest absolute Gasteiger partial charge is 0.456 e.